The van der Waals surface area contributed by atoms with E-state index in [-0.39, 0.29) is 35.5 Å². The molecule has 0 bridgehead atoms. The maximum atomic E-state index is 12.7. The predicted molar refractivity (Wildman–Crippen MR) is 137 cm³/mol. The first-order chi connectivity index (χ1) is 18.0. The van der Waals surface area contributed by atoms with Gasteiger partial charge in [-0.2, -0.15) is 15.0 Å². The molecule has 2 aromatic carbocycles. The fourth-order valence-electron chi connectivity index (χ4n) is 4.53. The number of fused-ring (bicyclic) bond motifs is 2. The number of imide groups is 1. The van der Waals surface area contributed by atoms with Crippen molar-refractivity contribution >= 4 is 34.4 Å². The molecule has 37 heavy (non-hydrogen) atoms. The van der Waals surface area contributed by atoms with E-state index in [1.807, 2.05) is 37.3 Å². The summed E-state index contributed by atoms with van der Waals surface area (Å²) in [6, 6.07) is 18.5. The summed E-state index contributed by atoms with van der Waals surface area (Å²) in [4.78, 5) is 43.6. The van der Waals surface area contributed by atoms with E-state index in [2.05, 4.69) is 21.5 Å². The smallest absolute Gasteiger partial charge is 0.261 e. The van der Waals surface area contributed by atoms with E-state index < -0.39 is 0 Å². The summed E-state index contributed by atoms with van der Waals surface area (Å²) in [5, 5.41) is 17.7. The summed E-state index contributed by atoms with van der Waals surface area (Å²) in [5.41, 5.74) is 2.92. The van der Waals surface area contributed by atoms with Crippen molar-refractivity contribution in [1.29, 1.82) is 5.26 Å². The van der Waals surface area contributed by atoms with E-state index in [1.54, 1.807) is 24.3 Å². The molecule has 0 unspecified atom stereocenters. The molecule has 9 heteroatoms. The number of amides is 3. The fourth-order valence-corrected chi connectivity index (χ4v) is 4.53. The van der Waals surface area contributed by atoms with Crippen LogP contribution in [0.15, 0.2) is 60.8 Å². The lowest BCUT2D eigenvalue weighted by molar-refractivity contribution is -0.116. The zero-order valence-electron chi connectivity index (χ0n) is 20.3. The van der Waals surface area contributed by atoms with Gasteiger partial charge in [-0.1, -0.05) is 36.8 Å². The lowest BCUT2D eigenvalue weighted by Crippen LogP contribution is -2.30. The Morgan fingerprint density at radius 3 is 2.43 bits per heavy atom. The maximum absolute atomic E-state index is 12.7. The molecule has 4 aromatic rings. The Hall–Kier alpha value is -4.84. The number of carbonyl (C=O) groups excluding carboxylic acids is 3. The van der Waals surface area contributed by atoms with Crippen LogP contribution in [0, 0.1) is 18.3 Å². The van der Waals surface area contributed by atoms with Crippen molar-refractivity contribution in [3.8, 4) is 11.9 Å². The summed E-state index contributed by atoms with van der Waals surface area (Å²) in [7, 11) is 0. The Bertz CT molecular complexity index is 1550. The van der Waals surface area contributed by atoms with Gasteiger partial charge in [-0.05, 0) is 49.6 Å². The molecular weight excluding hydrogens is 468 g/mol. The molecule has 3 heterocycles. The Kier molecular flexibility index (Phi) is 6.47. The van der Waals surface area contributed by atoms with E-state index in [9.17, 15) is 19.6 Å². The molecular formula is C28H24N6O3. The topological polar surface area (TPSA) is 121 Å². The number of aryl methyl sites for hydroxylation is 1. The van der Waals surface area contributed by atoms with Crippen molar-refractivity contribution in [2.24, 2.45) is 0 Å². The number of anilines is 1. The SMILES string of the molecule is Cc1cc(-n2ncc(C#N)c2NC(=O)CCCCCN2C(=O)c3ccccc3C2=O)nc2ccccc12. The van der Waals surface area contributed by atoms with Crippen molar-refractivity contribution in [3.05, 3.63) is 83.0 Å². The van der Waals surface area contributed by atoms with Crippen LogP contribution in [-0.2, 0) is 4.79 Å². The van der Waals surface area contributed by atoms with Crippen molar-refractivity contribution in [2.45, 2.75) is 32.6 Å². The number of aromatic nitrogens is 3. The molecule has 184 valence electrons. The quantitative estimate of drug-likeness (QED) is 0.288. The highest BCUT2D eigenvalue weighted by Gasteiger charge is 2.34. The van der Waals surface area contributed by atoms with Gasteiger partial charge in [-0.3, -0.25) is 19.3 Å². The molecule has 1 N–H and O–H groups in total. The molecule has 0 saturated heterocycles. The lowest BCUT2D eigenvalue weighted by Gasteiger charge is -2.13. The van der Waals surface area contributed by atoms with Gasteiger partial charge in [0.15, 0.2) is 11.6 Å². The highest BCUT2D eigenvalue weighted by Crippen LogP contribution is 2.25. The van der Waals surface area contributed by atoms with Crippen LogP contribution in [0.4, 0.5) is 5.82 Å². The van der Waals surface area contributed by atoms with Gasteiger partial charge in [0.05, 0.1) is 22.8 Å². The average Bonchev–Trinajstić information content (AvgIpc) is 3.42. The number of nitriles is 1. The average molecular weight is 493 g/mol. The molecule has 5 rings (SSSR count). The first-order valence-corrected chi connectivity index (χ1v) is 12.1. The molecule has 3 amide bonds. The van der Waals surface area contributed by atoms with Crippen molar-refractivity contribution in [3.63, 3.8) is 0 Å². The van der Waals surface area contributed by atoms with Crippen LogP contribution in [-0.4, -0.2) is 43.9 Å². The molecule has 2 aromatic heterocycles. The third-order valence-electron chi connectivity index (χ3n) is 6.44. The molecule has 0 saturated carbocycles. The second-order valence-electron chi connectivity index (χ2n) is 8.91. The fraction of sp³-hybridized carbons (Fsp3) is 0.214. The molecule has 1 aliphatic rings. The Morgan fingerprint density at radius 2 is 1.70 bits per heavy atom. The minimum absolute atomic E-state index is 0.225. The number of carbonyl (C=O) groups is 3. The Morgan fingerprint density at radius 1 is 1.00 bits per heavy atom. The van der Waals surface area contributed by atoms with Crippen LogP contribution in [0.5, 0.6) is 0 Å². The molecule has 1 aliphatic heterocycles. The van der Waals surface area contributed by atoms with Crippen LogP contribution < -0.4 is 5.32 Å². The normalized spacial score (nSPS) is 12.6. The highest BCUT2D eigenvalue weighted by molar-refractivity contribution is 6.21. The van der Waals surface area contributed by atoms with E-state index in [0.29, 0.717) is 42.8 Å². The van der Waals surface area contributed by atoms with Gasteiger partial charge in [-0.15, -0.1) is 0 Å². The number of pyridine rings is 1. The molecule has 9 nitrogen and oxygen atoms in total. The number of unbranched alkanes of at least 4 members (excludes halogenated alkanes) is 2. The van der Waals surface area contributed by atoms with Crippen LogP contribution in [0.2, 0.25) is 0 Å². The zero-order chi connectivity index (χ0) is 25.9. The van der Waals surface area contributed by atoms with Gasteiger partial charge in [-0.25, -0.2) is 4.98 Å². The van der Waals surface area contributed by atoms with E-state index in [4.69, 9.17) is 0 Å². The van der Waals surface area contributed by atoms with Gasteiger partial charge in [0.25, 0.3) is 11.8 Å². The van der Waals surface area contributed by atoms with Gasteiger partial charge in [0.2, 0.25) is 5.91 Å². The minimum Gasteiger partial charge on any atom is -0.309 e. The van der Waals surface area contributed by atoms with Gasteiger partial charge in [0.1, 0.15) is 11.6 Å². The van der Waals surface area contributed by atoms with Crippen LogP contribution in [0.25, 0.3) is 16.7 Å². The maximum Gasteiger partial charge on any atom is 0.261 e. The van der Waals surface area contributed by atoms with Gasteiger partial charge in [0, 0.05) is 18.4 Å². The zero-order valence-corrected chi connectivity index (χ0v) is 20.3. The third kappa shape index (κ3) is 4.57. The number of benzene rings is 2. The first-order valence-electron chi connectivity index (χ1n) is 12.1. The summed E-state index contributed by atoms with van der Waals surface area (Å²) < 4.78 is 1.47. The lowest BCUT2D eigenvalue weighted by atomic mass is 10.1. The Labute approximate surface area is 213 Å². The molecule has 0 spiro atoms. The summed E-state index contributed by atoms with van der Waals surface area (Å²) in [6.45, 7) is 2.29. The number of rotatable bonds is 8. The number of nitrogens with zero attached hydrogens (tertiary/aromatic N) is 5. The van der Waals surface area contributed by atoms with Gasteiger partial charge < -0.3 is 5.32 Å². The van der Waals surface area contributed by atoms with Crippen molar-refractivity contribution in [1.82, 2.24) is 19.7 Å². The molecule has 0 fully saturated rings. The molecule has 0 atom stereocenters. The number of para-hydroxylation sites is 1. The number of hydrogen-bond donors (Lipinski definition) is 1. The standard InChI is InChI=1S/C28H24N6O3/c1-18-15-24(31-23-12-7-6-9-20(18)23)34-26(19(16-29)17-30-34)32-25(35)13-3-2-8-14-33-27(36)21-10-4-5-11-22(21)28(33)37/h4-7,9-12,15,17H,2-3,8,13-14H2,1H3,(H,32,35). The van der Waals surface area contributed by atoms with Crippen molar-refractivity contribution < 1.29 is 14.4 Å². The second-order valence-corrected chi connectivity index (χ2v) is 8.91. The monoisotopic (exact) mass is 492 g/mol. The van der Waals surface area contributed by atoms with E-state index >= 15 is 0 Å². The largest absolute Gasteiger partial charge is 0.309 e. The van der Waals surface area contributed by atoms with Crippen LogP contribution in [0.1, 0.15) is 57.5 Å². The Balaban J connectivity index is 1.19. The number of hydrogen-bond acceptors (Lipinski definition) is 6. The second kappa shape index (κ2) is 10.0. The van der Waals surface area contributed by atoms with E-state index in [0.717, 1.165) is 16.5 Å². The predicted octanol–water partition coefficient (Wildman–Crippen LogP) is 4.40. The van der Waals surface area contributed by atoms with Crippen LogP contribution in [0.3, 0.4) is 0 Å². The third-order valence-corrected chi connectivity index (χ3v) is 6.44. The first kappa shape index (κ1) is 23.9. The van der Waals surface area contributed by atoms with Crippen molar-refractivity contribution in [2.75, 3.05) is 11.9 Å². The summed E-state index contributed by atoms with van der Waals surface area (Å²) in [5.74, 6) is -0.00695. The summed E-state index contributed by atoms with van der Waals surface area (Å²) in [6.07, 6.45) is 3.46. The summed E-state index contributed by atoms with van der Waals surface area (Å²) >= 11 is 0. The van der Waals surface area contributed by atoms with Gasteiger partial charge >= 0.3 is 0 Å². The molecule has 0 radical (unpaired) electrons. The van der Waals surface area contributed by atoms with E-state index in [1.165, 1.54) is 15.8 Å². The molecule has 0 aliphatic carbocycles. The van der Waals surface area contributed by atoms with Crippen LogP contribution >= 0.6 is 0 Å². The number of nitrogens with one attached hydrogen (secondary N) is 1. The minimum atomic E-state index is -0.270. The highest BCUT2D eigenvalue weighted by atomic mass is 16.2.